The van der Waals surface area contributed by atoms with Gasteiger partial charge in [-0.3, -0.25) is 9.35 Å². The molecule has 0 atom stereocenters. The topological polar surface area (TPSA) is 83.5 Å². The number of allylic oxidation sites excluding steroid dienone is 1. The highest BCUT2D eigenvalue weighted by atomic mass is 32.2. The maximum absolute atomic E-state index is 12.3. The van der Waals surface area contributed by atoms with Crippen LogP contribution in [0, 0.1) is 0 Å². The number of para-hydroxylation sites is 1. The molecule has 6 heteroatoms. The van der Waals surface area contributed by atoms with Crippen molar-refractivity contribution in [2.75, 3.05) is 5.32 Å². The molecule has 0 aliphatic heterocycles. The van der Waals surface area contributed by atoms with Gasteiger partial charge in [0.15, 0.2) is 0 Å². The zero-order chi connectivity index (χ0) is 18.7. The zero-order valence-electron chi connectivity index (χ0n) is 14.0. The van der Waals surface area contributed by atoms with Gasteiger partial charge in [0.2, 0.25) is 5.91 Å². The largest absolute Gasteiger partial charge is 0.321 e. The second-order valence-corrected chi connectivity index (χ2v) is 7.24. The molecule has 0 spiro atoms. The monoisotopic (exact) mass is 367 g/mol. The molecule has 1 amide bonds. The summed E-state index contributed by atoms with van der Waals surface area (Å²) < 4.78 is 32.0. The summed E-state index contributed by atoms with van der Waals surface area (Å²) in [6, 6.07) is 19.5. The third kappa shape index (κ3) is 3.99. The number of rotatable bonds is 4. The van der Waals surface area contributed by atoms with Crippen molar-refractivity contribution in [3.8, 4) is 0 Å². The molecule has 0 saturated heterocycles. The molecule has 0 aliphatic rings. The summed E-state index contributed by atoms with van der Waals surface area (Å²) in [4.78, 5) is 11.9. The van der Waals surface area contributed by atoms with Gasteiger partial charge >= 0.3 is 0 Å². The van der Waals surface area contributed by atoms with Crippen molar-refractivity contribution in [2.24, 2.45) is 0 Å². The molecule has 3 rings (SSSR count). The predicted molar refractivity (Wildman–Crippen MR) is 102 cm³/mol. The maximum atomic E-state index is 12.3. The van der Waals surface area contributed by atoms with Gasteiger partial charge in [0.25, 0.3) is 10.1 Å². The average molecular weight is 367 g/mol. The smallest absolute Gasteiger partial charge is 0.296 e. The number of hydrogen-bond donors (Lipinski definition) is 2. The molecule has 0 aromatic heterocycles. The van der Waals surface area contributed by atoms with Gasteiger partial charge in [0.05, 0.1) is 5.69 Å². The van der Waals surface area contributed by atoms with E-state index < -0.39 is 16.0 Å². The molecule has 0 aliphatic carbocycles. The highest BCUT2D eigenvalue weighted by Gasteiger charge is 2.15. The molecule has 26 heavy (non-hydrogen) atoms. The highest BCUT2D eigenvalue weighted by Crippen LogP contribution is 2.23. The summed E-state index contributed by atoms with van der Waals surface area (Å²) in [6.45, 7) is 1.80. The summed E-state index contributed by atoms with van der Waals surface area (Å²) in [6.07, 6.45) is 1.39. The first-order chi connectivity index (χ1) is 12.3. The molecule has 132 valence electrons. The molecule has 0 heterocycles. The molecular formula is C20H17NO4S. The van der Waals surface area contributed by atoms with E-state index in [-0.39, 0.29) is 10.6 Å². The minimum Gasteiger partial charge on any atom is -0.321 e. The molecule has 2 N–H and O–H groups in total. The quantitative estimate of drug-likeness (QED) is 0.536. The van der Waals surface area contributed by atoms with Gasteiger partial charge in [0, 0.05) is 6.08 Å². The van der Waals surface area contributed by atoms with Crippen LogP contribution in [0.15, 0.2) is 77.7 Å². The lowest BCUT2D eigenvalue weighted by Gasteiger charge is -2.08. The maximum Gasteiger partial charge on any atom is 0.296 e. The molecular weight excluding hydrogens is 350 g/mol. The van der Waals surface area contributed by atoms with Crippen molar-refractivity contribution in [3.63, 3.8) is 0 Å². The van der Waals surface area contributed by atoms with Gasteiger partial charge in [0.1, 0.15) is 4.90 Å². The van der Waals surface area contributed by atoms with Crippen LogP contribution in [-0.4, -0.2) is 18.9 Å². The highest BCUT2D eigenvalue weighted by molar-refractivity contribution is 7.86. The fraction of sp³-hybridized carbons (Fsp3) is 0.0500. The fourth-order valence-corrected chi connectivity index (χ4v) is 3.33. The average Bonchev–Trinajstić information content (AvgIpc) is 2.60. The Bertz CT molecular complexity index is 1120. The lowest BCUT2D eigenvalue weighted by molar-refractivity contribution is -0.111. The predicted octanol–water partition coefficient (Wildman–Crippen LogP) is 4.13. The number of amides is 1. The van der Waals surface area contributed by atoms with Crippen molar-refractivity contribution in [1.82, 2.24) is 0 Å². The Kier molecular flexibility index (Phi) is 4.88. The summed E-state index contributed by atoms with van der Waals surface area (Å²) in [5, 5.41) is 4.67. The minimum atomic E-state index is -4.42. The molecule has 5 nitrogen and oxygen atoms in total. The Labute approximate surface area is 151 Å². The first-order valence-electron chi connectivity index (χ1n) is 7.89. The lowest BCUT2D eigenvalue weighted by Crippen LogP contribution is -2.12. The van der Waals surface area contributed by atoms with E-state index in [0.717, 1.165) is 21.9 Å². The first-order valence-corrected chi connectivity index (χ1v) is 9.33. The van der Waals surface area contributed by atoms with Gasteiger partial charge in [-0.1, -0.05) is 48.5 Å². The SMILES string of the molecule is C/C(=C/C(=O)Nc1ccccc1S(=O)(=O)O)c1ccc2ccccc2c1. The fourth-order valence-electron chi connectivity index (χ4n) is 2.68. The van der Waals surface area contributed by atoms with Crippen molar-refractivity contribution in [1.29, 1.82) is 0 Å². The summed E-state index contributed by atoms with van der Waals surface area (Å²) in [7, 11) is -4.42. The van der Waals surface area contributed by atoms with Crippen molar-refractivity contribution >= 4 is 38.1 Å². The Balaban J connectivity index is 1.86. The number of anilines is 1. The Morgan fingerprint density at radius 2 is 1.62 bits per heavy atom. The van der Waals surface area contributed by atoms with Gasteiger partial charge in [-0.05, 0) is 47.0 Å². The van der Waals surface area contributed by atoms with Gasteiger partial charge in [-0.15, -0.1) is 0 Å². The van der Waals surface area contributed by atoms with Crippen molar-refractivity contribution in [3.05, 3.63) is 78.4 Å². The lowest BCUT2D eigenvalue weighted by atomic mass is 10.0. The second kappa shape index (κ2) is 7.11. The van der Waals surface area contributed by atoms with Crippen LogP contribution in [0.2, 0.25) is 0 Å². The van der Waals surface area contributed by atoms with E-state index in [1.54, 1.807) is 13.0 Å². The van der Waals surface area contributed by atoms with E-state index in [2.05, 4.69) is 5.32 Å². The van der Waals surface area contributed by atoms with E-state index in [1.165, 1.54) is 24.3 Å². The number of carbonyl (C=O) groups is 1. The number of benzene rings is 3. The van der Waals surface area contributed by atoms with E-state index in [0.29, 0.717) is 0 Å². The van der Waals surface area contributed by atoms with E-state index >= 15 is 0 Å². The van der Waals surface area contributed by atoms with Crippen LogP contribution in [0.1, 0.15) is 12.5 Å². The molecule has 0 saturated carbocycles. The normalized spacial score (nSPS) is 12.2. The van der Waals surface area contributed by atoms with Crippen molar-refractivity contribution in [2.45, 2.75) is 11.8 Å². The van der Waals surface area contributed by atoms with Crippen LogP contribution in [0.5, 0.6) is 0 Å². The van der Waals surface area contributed by atoms with Gasteiger partial charge < -0.3 is 5.32 Å². The van der Waals surface area contributed by atoms with Gasteiger partial charge in [-0.25, -0.2) is 0 Å². The van der Waals surface area contributed by atoms with Crippen LogP contribution in [0.25, 0.3) is 16.3 Å². The second-order valence-electron chi connectivity index (χ2n) is 5.85. The molecule has 0 bridgehead atoms. The summed E-state index contributed by atoms with van der Waals surface area (Å²) in [5.74, 6) is -0.480. The third-order valence-electron chi connectivity index (χ3n) is 3.98. The number of carbonyl (C=O) groups excluding carboxylic acids is 1. The molecule has 3 aromatic rings. The number of hydrogen-bond acceptors (Lipinski definition) is 3. The first kappa shape index (κ1) is 17.8. The van der Waals surface area contributed by atoms with Crippen LogP contribution >= 0.6 is 0 Å². The Hall–Kier alpha value is -2.96. The molecule has 3 aromatic carbocycles. The van der Waals surface area contributed by atoms with Crippen LogP contribution in [-0.2, 0) is 14.9 Å². The third-order valence-corrected chi connectivity index (χ3v) is 4.89. The Morgan fingerprint density at radius 3 is 2.35 bits per heavy atom. The summed E-state index contributed by atoms with van der Waals surface area (Å²) >= 11 is 0. The van der Waals surface area contributed by atoms with E-state index in [4.69, 9.17) is 0 Å². The molecule has 0 fully saturated rings. The summed E-state index contributed by atoms with van der Waals surface area (Å²) in [5.41, 5.74) is 1.65. The van der Waals surface area contributed by atoms with E-state index in [9.17, 15) is 17.8 Å². The van der Waals surface area contributed by atoms with Crippen molar-refractivity contribution < 1.29 is 17.8 Å². The minimum absolute atomic E-state index is 0.0301. The molecule has 0 radical (unpaired) electrons. The number of fused-ring (bicyclic) bond motifs is 1. The zero-order valence-corrected chi connectivity index (χ0v) is 14.8. The van der Waals surface area contributed by atoms with Crippen LogP contribution in [0.3, 0.4) is 0 Å². The standard InChI is InChI=1S/C20H17NO4S/c1-14(16-11-10-15-6-2-3-7-17(15)13-16)12-20(22)21-18-8-4-5-9-19(18)26(23,24)25/h2-13H,1H3,(H,21,22)(H,23,24,25)/b14-12-. The molecule has 0 unspecified atom stereocenters. The van der Waals surface area contributed by atoms with Crippen LogP contribution in [0.4, 0.5) is 5.69 Å². The number of nitrogens with one attached hydrogen (secondary N) is 1. The Morgan fingerprint density at radius 1 is 0.962 bits per heavy atom. The van der Waals surface area contributed by atoms with Crippen LogP contribution < -0.4 is 5.32 Å². The van der Waals surface area contributed by atoms with Gasteiger partial charge in [-0.2, -0.15) is 8.42 Å². The van der Waals surface area contributed by atoms with E-state index in [1.807, 2.05) is 42.5 Å².